The fraction of sp³-hybridized carbons (Fsp3) is 0.300. The molecule has 3 aromatic rings. The van der Waals surface area contributed by atoms with E-state index in [1.54, 1.807) is 30.3 Å². The number of benzene rings is 2. The summed E-state index contributed by atoms with van der Waals surface area (Å²) < 4.78 is 33.5. The van der Waals surface area contributed by atoms with Gasteiger partial charge in [-0.05, 0) is 54.9 Å². The summed E-state index contributed by atoms with van der Waals surface area (Å²) in [5.41, 5.74) is 2.89. The van der Waals surface area contributed by atoms with E-state index >= 15 is 0 Å². The van der Waals surface area contributed by atoms with Crippen molar-refractivity contribution in [3.05, 3.63) is 59.1 Å². The van der Waals surface area contributed by atoms with Gasteiger partial charge < -0.3 is 9.64 Å². The van der Waals surface area contributed by atoms with Crippen LogP contribution in [-0.4, -0.2) is 42.7 Å². The van der Waals surface area contributed by atoms with Gasteiger partial charge in [0.05, 0.1) is 17.7 Å². The van der Waals surface area contributed by atoms with Crippen molar-refractivity contribution in [1.29, 1.82) is 0 Å². The molecule has 1 aliphatic heterocycles. The number of aryl methyl sites for hydroxylation is 1. The van der Waals surface area contributed by atoms with Crippen molar-refractivity contribution in [3.63, 3.8) is 0 Å². The zero-order chi connectivity index (χ0) is 20.6. The second kappa shape index (κ2) is 7.64. The largest absolute Gasteiger partial charge is 0.495 e. The van der Waals surface area contributed by atoms with E-state index in [2.05, 4.69) is 10.00 Å². The Kier molecular flexibility index (Phi) is 5.18. The first-order valence-corrected chi connectivity index (χ1v) is 11.5. The van der Waals surface area contributed by atoms with Crippen LogP contribution < -0.4 is 9.64 Å². The van der Waals surface area contributed by atoms with Crippen LogP contribution in [0.2, 0.25) is 0 Å². The summed E-state index contributed by atoms with van der Waals surface area (Å²) in [6, 6.07) is 13.0. The van der Waals surface area contributed by atoms with Gasteiger partial charge in [0.15, 0.2) is 9.84 Å². The number of para-hydroxylation sites is 2. The Hall–Kier alpha value is -2.65. The Morgan fingerprint density at radius 3 is 2.72 bits per heavy atom. The van der Waals surface area contributed by atoms with Crippen molar-refractivity contribution in [2.24, 2.45) is 0 Å². The Morgan fingerprint density at radius 1 is 1.17 bits per heavy atom. The van der Waals surface area contributed by atoms with Crippen molar-refractivity contribution >= 4 is 27.7 Å². The standard InChI is InChI=1S/C20H22N4O3S2/c1-27-19-8-4-3-7-17(19)23-13-21-24(20(23)28)14-22-11-5-6-15-9-10-16(12-18(15)22)29(2,25)26/h3-4,7-10,12-13H,5-6,11,14H2,1-2H3. The third-order valence-corrected chi connectivity index (χ3v) is 6.60. The third kappa shape index (κ3) is 3.79. The van der Waals surface area contributed by atoms with Gasteiger partial charge in [-0.25, -0.2) is 13.1 Å². The SMILES string of the molecule is COc1ccccc1-n1cnn(CN2CCCc3ccc(S(C)(=O)=O)cc32)c1=S. The Labute approximate surface area is 175 Å². The number of ether oxygens (including phenoxy) is 1. The number of rotatable bonds is 5. The lowest BCUT2D eigenvalue weighted by atomic mass is 10.0. The van der Waals surface area contributed by atoms with Crippen molar-refractivity contribution in [2.75, 3.05) is 24.8 Å². The van der Waals surface area contributed by atoms with Crippen LogP contribution in [0.15, 0.2) is 53.7 Å². The molecule has 2 heterocycles. The molecule has 0 fully saturated rings. The molecule has 0 amide bonds. The molecule has 4 rings (SSSR count). The first-order valence-electron chi connectivity index (χ1n) is 9.24. The molecule has 0 bridgehead atoms. The van der Waals surface area contributed by atoms with Crippen LogP contribution in [0.5, 0.6) is 5.75 Å². The fourth-order valence-corrected chi connectivity index (χ4v) is 4.49. The Bertz CT molecular complexity index is 1210. The van der Waals surface area contributed by atoms with Gasteiger partial charge in [0.1, 0.15) is 18.7 Å². The molecule has 0 N–H and O–H groups in total. The first-order chi connectivity index (χ1) is 13.9. The summed E-state index contributed by atoms with van der Waals surface area (Å²) in [5.74, 6) is 0.712. The molecule has 0 saturated heterocycles. The minimum atomic E-state index is -3.27. The van der Waals surface area contributed by atoms with Crippen LogP contribution in [0.3, 0.4) is 0 Å². The summed E-state index contributed by atoms with van der Waals surface area (Å²) in [4.78, 5) is 2.45. The van der Waals surface area contributed by atoms with E-state index < -0.39 is 9.84 Å². The Morgan fingerprint density at radius 2 is 1.97 bits per heavy atom. The summed E-state index contributed by atoms with van der Waals surface area (Å²) >= 11 is 5.65. The maximum atomic E-state index is 12.0. The molecule has 0 aliphatic carbocycles. The lowest BCUT2D eigenvalue weighted by Gasteiger charge is -2.31. The van der Waals surface area contributed by atoms with Gasteiger partial charge in [-0.2, -0.15) is 5.10 Å². The van der Waals surface area contributed by atoms with Gasteiger partial charge in [0, 0.05) is 18.5 Å². The topological polar surface area (TPSA) is 69.4 Å². The van der Waals surface area contributed by atoms with E-state index in [1.807, 2.05) is 34.9 Å². The number of anilines is 1. The maximum absolute atomic E-state index is 12.0. The van der Waals surface area contributed by atoms with E-state index in [0.717, 1.165) is 36.3 Å². The van der Waals surface area contributed by atoms with Crippen molar-refractivity contribution in [1.82, 2.24) is 14.3 Å². The molecule has 9 heteroatoms. The van der Waals surface area contributed by atoms with Crippen LogP contribution in [0.4, 0.5) is 5.69 Å². The van der Waals surface area contributed by atoms with E-state index in [9.17, 15) is 8.42 Å². The fourth-order valence-electron chi connectivity index (χ4n) is 3.60. The number of nitrogens with zero attached hydrogens (tertiary/aromatic N) is 4. The molecular formula is C20H22N4O3S2. The van der Waals surface area contributed by atoms with Crippen molar-refractivity contribution < 1.29 is 13.2 Å². The van der Waals surface area contributed by atoms with Crippen LogP contribution >= 0.6 is 12.2 Å². The second-order valence-corrected chi connectivity index (χ2v) is 9.41. The highest BCUT2D eigenvalue weighted by Crippen LogP contribution is 2.30. The lowest BCUT2D eigenvalue weighted by Crippen LogP contribution is -2.32. The van der Waals surface area contributed by atoms with Crippen LogP contribution in [0.25, 0.3) is 5.69 Å². The summed E-state index contributed by atoms with van der Waals surface area (Å²) in [6.07, 6.45) is 4.83. The molecule has 0 saturated carbocycles. The zero-order valence-electron chi connectivity index (χ0n) is 16.3. The van der Waals surface area contributed by atoms with Gasteiger partial charge in [-0.1, -0.05) is 18.2 Å². The number of hydrogen-bond donors (Lipinski definition) is 0. The molecular weight excluding hydrogens is 408 g/mol. The zero-order valence-corrected chi connectivity index (χ0v) is 17.9. The van der Waals surface area contributed by atoms with E-state index in [-0.39, 0.29) is 0 Å². The molecule has 0 atom stereocenters. The molecule has 0 spiro atoms. The normalized spacial score (nSPS) is 13.9. The number of fused-ring (bicyclic) bond motifs is 1. The quantitative estimate of drug-likeness (QED) is 0.579. The van der Waals surface area contributed by atoms with Gasteiger partial charge >= 0.3 is 0 Å². The van der Waals surface area contributed by atoms with E-state index in [4.69, 9.17) is 17.0 Å². The minimum absolute atomic E-state index is 0.325. The summed E-state index contributed by atoms with van der Waals surface area (Å²) in [5, 5.41) is 4.47. The Balaban J connectivity index is 1.69. The molecule has 1 aromatic heterocycles. The smallest absolute Gasteiger partial charge is 0.204 e. The van der Waals surface area contributed by atoms with E-state index in [1.165, 1.54) is 6.26 Å². The number of hydrogen-bond acceptors (Lipinski definition) is 6. The average Bonchev–Trinajstić information content (AvgIpc) is 3.07. The van der Waals surface area contributed by atoms with Crippen LogP contribution in [0, 0.1) is 4.77 Å². The van der Waals surface area contributed by atoms with Crippen molar-refractivity contribution in [2.45, 2.75) is 24.4 Å². The predicted octanol–water partition coefficient (Wildman–Crippen LogP) is 3.23. The van der Waals surface area contributed by atoms with Crippen LogP contribution in [0.1, 0.15) is 12.0 Å². The highest BCUT2D eigenvalue weighted by molar-refractivity contribution is 7.90. The third-order valence-electron chi connectivity index (χ3n) is 5.08. The monoisotopic (exact) mass is 430 g/mol. The number of methoxy groups -OCH3 is 1. The molecule has 7 nitrogen and oxygen atoms in total. The maximum Gasteiger partial charge on any atom is 0.204 e. The predicted molar refractivity (Wildman–Crippen MR) is 114 cm³/mol. The molecule has 29 heavy (non-hydrogen) atoms. The van der Waals surface area contributed by atoms with Crippen LogP contribution in [-0.2, 0) is 22.9 Å². The highest BCUT2D eigenvalue weighted by Gasteiger charge is 2.21. The van der Waals surface area contributed by atoms with Gasteiger partial charge in [-0.3, -0.25) is 4.57 Å². The van der Waals surface area contributed by atoms with E-state index in [0.29, 0.717) is 22.1 Å². The molecule has 2 aromatic carbocycles. The number of sulfone groups is 1. The second-order valence-electron chi connectivity index (χ2n) is 7.03. The molecule has 0 radical (unpaired) electrons. The first kappa shape index (κ1) is 19.7. The summed E-state index contributed by atoms with van der Waals surface area (Å²) in [7, 11) is -1.65. The van der Waals surface area contributed by atoms with Crippen molar-refractivity contribution in [3.8, 4) is 11.4 Å². The number of aromatic nitrogens is 3. The molecule has 1 aliphatic rings. The molecule has 0 unspecified atom stereocenters. The average molecular weight is 431 g/mol. The van der Waals surface area contributed by atoms with Gasteiger partial charge in [0.2, 0.25) is 4.77 Å². The van der Waals surface area contributed by atoms with Gasteiger partial charge in [-0.15, -0.1) is 0 Å². The summed E-state index contributed by atoms with van der Waals surface area (Å²) in [6.45, 7) is 1.25. The lowest BCUT2D eigenvalue weighted by molar-refractivity contribution is 0.412. The van der Waals surface area contributed by atoms with Gasteiger partial charge in [0.25, 0.3) is 0 Å². The minimum Gasteiger partial charge on any atom is -0.495 e. The molecule has 152 valence electrons. The highest BCUT2D eigenvalue weighted by atomic mass is 32.2.